The van der Waals surface area contributed by atoms with Crippen molar-refractivity contribution in [2.75, 3.05) is 51.3 Å². The monoisotopic (exact) mass is 553 g/mol. The molecule has 0 amide bonds. The molecule has 0 aliphatic carbocycles. The number of hydrogen-bond donors (Lipinski definition) is 1. The van der Waals surface area contributed by atoms with Gasteiger partial charge in [0.1, 0.15) is 18.2 Å². The molecule has 1 aromatic heterocycles. The number of ether oxygens (including phenoxy) is 2. The van der Waals surface area contributed by atoms with E-state index in [0.29, 0.717) is 13.2 Å². The van der Waals surface area contributed by atoms with Crippen LogP contribution in [-0.4, -0.2) is 68.4 Å². The molecule has 1 aliphatic heterocycles. The van der Waals surface area contributed by atoms with E-state index in [2.05, 4.69) is 59.1 Å². The Morgan fingerprint density at radius 3 is 2.81 bits per heavy atom. The van der Waals surface area contributed by atoms with Crippen molar-refractivity contribution in [3.8, 4) is 5.75 Å². The molecule has 3 rings (SSSR count). The van der Waals surface area contributed by atoms with Crippen molar-refractivity contribution in [1.29, 1.82) is 0 Å². The Labute approximate surface area is 209 Å². The van der Waals surface area contributed by atoms with Gasteiger partial charge in [-0.3, -0.25) is 0 Å². The fourth-order valence-electron chi connectivity index (χ4n) is 3.44. The van der Waals surface area contributed by atoms with E-state index in [1.807, 2.05) is 31.4 Å². The minimum absolute atomic E-state index is 0. The zero-order chi connectivity index (χ0) is 22.1. The van der Waals surface area contributed by atoms with Gasteiger partial charge in [0.15, 0.2) is 5.96 Å². The Kier molecular flexibility index (Phi) is 11.0. The fraction of sp³-hybridized carbons (Fsp3) is 0.500. The Hall–Kier alpha value is -2.07. The maximum Gasteiger partial charge on any atom is 0.194 e. The minimum atomic E-state index is 0. The van der Waals surface area contributed by atoms with Gasteiger partial charge in [0.25, 0.3) is 0 Å². The molecule has 8 heteroatoms. The highest BCUT2D eigenvalue weighted by molar-refractivity contribution is 14.0. The van der Waals surface area contributed by atoms with Crippen LogP contribution < -0.4 is 15.0 Å². The van der Waals surface area contributed by atoms with Crippen molar-refractivity contribution in [3.63, 3.8) is 0 Å². The summed E-state index contributed by atoms with van der Waals surface area (Å²) in [6.07, 6.45) is 2.10. The Morgan fingerprint density at radius 2 is 2.09 bits per heavy atom. The lowest BCUT2D eigenvalue weighted by Gasteiger charge is -2.32. The number of nitrogens with zero attached hydrogens (tertiary/aromatic N) is 4. The van der Waals surface area contributed by atoms with Crippen molar-refractivity contribution in [3.05, 3.63) is 53.7 Å². The average Bonchev–Trinajstić information content (AvgIpc) is 2.78. The summed E-state index contributed by atoms with van der Waals surface area (Å²) in [5.74, 6) is 2.75. The zero-order valence-corrected chi connectivity index (χ0v) is 21.9. The SMILES string of the molecule is CCNC(=NCc1ccnc(N2CCOC(C)C2)c1)N(C)CCOc1ccc(C)cc1.I. The van der Waals surface area contributed by atoms with Crippen molar-refractivity contribution in [1.82, 2.24) is 15.2 Å². The largest absolute Gasteiger partial charge is 0.492 e. The normalized spacial score (nSPS) is 16.3. The van der Waals surface area contributed by atoms with Gasteiger partial charge in [-0.25, -0.2) is 9.98 Å². The summed E-state index contributed by atoms with van der Waals surface area (Å²) in [7, 11) is 2.03. The van der Waals surface area contributed by atoms with Crippen LogP contribution in [0.2, 0.25) is 0 Å². The number of pyridine rings is 1. The summed E-state index contributed by atoms with van der Waals surface area (Å²) in [4.78, 5) is 13.8. The number of aromatic nitrogens is 1. The predicted octanol–water partition coefficient (Wildman–Crippen LogP) is 3.71. The number of nitrogens with one attached hydrogen (secondary N) is 1. The van der Waals surface area contributed by atoms with E-state index in [4.69, 9.17) is 14.5 Å². The molecular formula is C24H36IN5O2. The lowest BCUT2D eigenvalue weighted by atomic mass is 10.2. The van der Waals surface area contributed by atoms with E-state index < -0.39 is 0 Å². The molecule has 2 aromatic rings. The van der Waals surface area contributed by atoms with Crippen LogP contribution in [0.5, 0.6) is 5.75 Å². The molecular weight excluding hydrogens is 517 g/mol. The maximum absolute atomic E-state index is 5.87. The molecule has 1 aromatic carbocycles. The van der Waals surface area contributed by atoms with Gasteiger partial charge >= 0.3 is 0 Å². The third-order valence-electron chi connectivity index (χ3n) is 5.20. The number of anilines is 1. The van der Waals surface area contributed by atoms with Gasteiger partial charge in [-0.05, 0) is 50.6 Å². The predicted molar refractivity (Wildman–Crippen MR) is 141 cm³/mol. The van der Waals surface area contributed by atoms with Crippen molar-refractivity contribution in [2.45, 2.75) is 33.4 Å². The summed E-state index contributed by atoms with van der Waals surface area (Å²) in [5.41, 5.74) is 2.37. The number of benzene rings is 1. The first-order valence-electron chi connectivity index (χ1n) is 11.1. The van der Waals surface area contributed by atoms with E-state index in [1.165, 1.54) is 5.56 Å². The average molecular weight is 553 g/mol. The van der Waals surface area contributed by atoms with Gasteiger partial charge in [0.2, 0.25) is 0 Å². The van der Waals surface area contributed by atoms with Gasteiger partial charge in [-0.2, -0.15) is 0 Å². The highest BCUT2D eigenvalue weighted by Crippen LogP contribution is 2.17. The van der Waals surface area contributed by atoms with Crippen LogP contribution in [0.4, 0.5) is 5.82 Å². The molecule has 32 heavy (non-hydrogen) atoms. The second-order valence-corrected chi connectivity index (χ2v) is 7.90. The molecule has 1 unspecified atom stereocenters. The Bertz CT molecular complexity index is 847. The molecule has 176 valence electrons. The lowest BCUT2D eigenvalue weighted by Crippen LogP contribution is -2.41. The second kappa shape index (κ2) is 13.5. The number of likely N-dealkylation sites (N-methyl/N-ethyl adjacent to an activating group) is 1. The van der Waals surface area contributed by atoms with E-state index in [0.717, 1.165) is 55.9 Å². The molecule has 1 saturated heterocycles. The number of rotatable bonds is 8. The van der Waals surface area contributed by atoms with Crippen LogP contribution in [0.25, 0.3) is 0 Å². The summed E-state index contributed by atoms with van der Waals surface area (Å²) in [6, 6.07) is 12.3. The first-order chi connectivity index (χ1) is 15.0. The van der Waals surface area contributed by atoms with Crippen molar-refractivity contribution >= 4 is 35.8 Å². The van der Waals surface area contributed by atoms with E-state index in [-0.39, 0.29) is 30.1 Å². The van der Waals surface area contributed by atoms with Gasteiger partial charge in [0.05, 0.1) is 25.8 Å². The van der Waals surface area contributed by atoms with Crippen LogP contribution >= 0.6 is 24.0 Å². The summed E-state index contributed by atoms with van der Waals surface area (Å²) < 4.78 is 11.5. The Morgan fingerprint density at radius 1 is 1.31 bits per heavy atom. The third kappa shape index (κ3) is 8.12. The molecule has 0 bridgehead atoms. The van der Waals surface area contributed by atoms with Gasteiger partial charge < -0.3 is 24.6 Å². The third-order valence-corrected chi connectivity index (χ3v) is 5.20. The molecule has 1 atom stereocenters. The number of aliphatic imine (C=N–C) groups is 1. The number of morpholine rings is 1. The van der Waals surface area contributed by atoms with Crippen molar-refractivity contribution < 1.29 is 9.47 Å². The van der Waals surface area contributed by atoms with Crippen LogP contribution in [0.15, 0.2) is 47.6 Å². The summed E-state index contributed by atoms with van der Waals surface area (Å²) >= 11 is 0. The molecule has 7 nitrogen and oxygen atoms in total. The van der Waals surface area contributed by atoms with E-state index >= 15 is 0 Å². The smallest absolute Gasteiger partial charge is 0.194 e. The van der Waals surface area contributed by atoms with E-state index in [1.54, 1.807) is 0 Å². The van der Waals surface area contributed by atoms with Crippen LogP contribution in [0.1, 0.15) is 25.0 Å². The standard InChI is InChI=1S/C24H35N5O2.HI/c1-5-25-24(28(4)12-14-31-22-8-6-19(2)7-9-22)27-17-21-10-11-26-23(16-21)29-13-15-30-20(3)18-29;/h6-11,16,20H,5,12-15,17-18H2,1-4H3,(H,25,27);1H. The van der Waals surface area contributed by atoms with E-state index in [9.17, 15) is 0 Å². The highest BCUT2D eigenvalue weighted by Gasteiger charge is 2.18. The van der Waals surface area contributed by atoms with Gasteiger partial charge in [0, 0.05) is 32.9 Å². The molecule has 0 spiro atoms. The number of aryl methyl sites for hydroxylation is 1. The van der Waals surface area contributed by atoms with Gasteiger partial charge in [-0.15, -0.1) is 24.0 Å². The van der Waals surface area contributed by atoms with Crippen molar-refractivity contribution in [2.24, 2.45) is 4.99 Å². The van der Waals surface area contributed by atoms with Crippen LogP contribution in [0, 0.1) is 6.92 Å². The molecule has 1 fully saturated rings. The number of hydrogen-bond acceptors (Lipinski definition) is 5. The molecule has 0 radical (unpaired) electrons. The first kappa shape index (κ1) is 26.2. The van der Waals surface area contributed by atoms with Gasteiger partial charge in [-0.1, -0.05) is 17.7 Å². The maximum atomic E-state index is 5.87. The first-order valence-corrected chi connectivity index (χ1v) is 11.1. The molecule has 1 aliphatic rings. The van der Waals surface area contributed by atoms with Crippen LogP contribution in [-0.2, 0) is 11.3 Å². The summed E-state index contributed by atoms with van der Waals surface area (Å²) in [6.45, 7) is 11.5. The number of guanidine groups is 1. The topological polar surface area (TPSA) is 62.2 Å². The number of halogens is 1. The lowest BCUT2D eigenvalue weighted by molar-refractivity contribution is 0.0529. The zero-order valence-electron chi connectivity index (χ0n) is 19.6. The second-order valence-electron chi connectivity index (χ2n) is 7.90. The summed E-state index contributed by atoms with van der Waals surface area (Å²) in [5, 5.41) is 3.37. The quantitative estimate of drug-likeness (QED) is 0.306. The van der Waals surface area contributed by atoms with Crippen LogP contribution in [0.3, 0.4) is 0 Å². The molecule has 2 heterocycles. The minimum Gasteiger partial charge on any atom is -0.492 e. The molecule has 0 saturated carbocycles. The fourth-order valence-corrected chi connectivity index (χ4v) is 3.44. The Balaban J connectivity index is 0.00000363. The molecule has 1 N–H and O–H groups in total. The highest BCUT2D eigenvalue weighted by atomic mass is 127.